The molecule has 4 rings (SSSR count). The predicted octanol–water partition coefficient (Wildman–Crippen LogP) is 4.66. The molecule has 1 heterocycles. The van der Waals surface area contributed by atoms with Gasteiger partial charge in [-0.2, -0.15) is 11.3 Å². The fourth-order valence-corrected chi connectivity index (χ4v) is 3.42. The summed E-state index contributed by atoms with van der Waals surface area (Å²) >= 11 is 1.71. The van der Waals surface area contributed by atoms with Gasteiger partial charge in [0.2, 0.25) is 0 Å². The molecule has 0 saturated heterocycles. The van der Waals surface area contributed by atoms with Crippen LogP contribution in [0.4, 0.5) is 0 Å². The molecule has 0 fully saturated rings. The van der Waals surface area contributed by atoms with Gasteiger partial charge in [-0.3, -0.25) is 4.79 Å². The standard InChI is InChI=1S/C18H19NO2.C4H4S/c1-18(2,11-20)19-17(21)15-10-9-13-6-3-5-12-7-4-8-14(15)16(12)13;1-2-4-5-3-1/h3-6,8-10,20H,7,11H2,1-2H3,(H,19,21);1-4H. The molecule has 3 nitrogen and oxygen atoms in total. The SMILES string of the molecule is CC(C)(CO)NC(=O)c1ccc2cccc3c2c1C=CC3.c1ccsc1. The van der Waals surface area contributed by atoms with Crippen LogP contribution in [-0.4, -0.2) is 23.2 Å². The molecular weight excluding hydrogens is 342 g/mol. The van der Waals surface area contributed by atoms with Crippen molar-refractivity contribution >= 4 is 34.1 Å². The number of carbonyl (C=O) groups is 1. The first-order valence-electron chi connectivity index (χ1n) is 8.63. The Morgan fingerprint density at radius 2 is 1.92 bits per heavy atom. The van der Waals surface area contributed by atoms with E-state index in [1.165, 1.54) is 5.56 Å². The number of carbonyl (C=O) groups excluding carboxylic acids is 1. The lowest BCUT2D eigenvalue weighted by atomic mass is 9.89. The van der Waals surface area contributed by atoms with E-state index in [0.717, 1.165) is 22.8 Å². The van der Waals surface area contributed by atoms with Gasteiger partial charge >= 0.3 is 0 Å². The summed E-state index contributed by atoms with van der Waals surface area (Å²) in [5, 5.41) is 18.6. The molecule has 0 atom stereocenters. The molecule has 1 aliphatic carbocycles. The van der Waals surface area contributed by atoms with Gasteiger partial charge in [-0.25, -0.2) is 0 Å². The molecule has 1 amide bonds. The third kappa shape index (κ3) is 4.03. The van der Waals surface area contributed by atoms with Crippen LogP contribution in [0.3, 0.4) is 0 Å². The zero-order valence-electron chi connectivity index (χ0n) is 15.0. The van der Waals surface area contributed by atoms with Gasteiger partial charge in [-0.1, -0.05) is 48.6 Å². The van der Waals surface area contributed by atoms with Crippen LogP contribution in [0, 0.1) is 0 Å². The molecule has 2 aromatic carbocycles. The lowest BCUT2D eigenvalue weighted by Crippen LogP contribution is -2.46. The third-order valence-electron chi connectivity index (χ3n) is 4.31. The molecule has 1 aromatic heterocycles. The van der Waals surface area contributed by atoms with Gasteiger partial charge in [0.15, 0.2) is 0 Å². The second-order valence-electron chi connectivity index (χ2n) is 6.94. The summed E-state index contributed by atoms with van der Waals surface area (Å²) in [5.74, 6) is -0.146. The highest BCUT2D eigenvalue weighted by molar-refractivity contribution is 7.07. The fourth-order valence-electron chi connectivity index (χ4n) is 2.97. The summed E-state index contributed by atoms with van der Waals surface area (Å²) in [6.07, 6.45) is 5.01. The number of rotatable bonds is 3. The van der Waals surface area contributed by atoms with Crippen LogP contribution in [0.5, 0.6) is 0 Å². The maximum atomic E-state index is 12.5. The highest BCUT2D eigenvalue weighted by Crippen LogP contribution is 2.31. The van der Waals surface area contributed by atoms with Gasteiger partial charge in [0.05, 0.1) is 12.1 Å². The lowest BCUT2D eigenvalue weighted by molar-refractivity contribution is 0.0869. The normalized spacial score (nSPS) is 12.4. The molecule has 0 bridgehead atoms. The van der Waals surface area contributed by atoms with Crippen LogP contribution in [0.1, 0.15) is 35.3 Å². The van der Waals surface area contributed by atoms with Gasteiger partial charge in [-0.05, 0) is 59.0 Å². The average Bonchev–Trinajstić information content (AvgIpc) is 3.22. The van der Waals surface area contributed by atoms with E-state index in [9.17, 15) is 9.90 Å². The number of benzene rings is 2. The van der Waals surface area contributed by atoms with Crippen molar-refractivity contribution < 1.29 is 9.90 Å². The number of aliphatic hydroxyl groups excluding tert-OH is 1. The summed E-state index contributed by atoms with van der Waals surface area (Å²) in [5.41, 5.74) is 2.26. The topological polar surface area (TPSA) is 49.3 Å². The molecule has 0 saturated carbocycles. The van der Waals surface area contributed by atoms with E-state index in [4.69, 9.17) is 0 Å². The maximum absolute atomic E-state index is 12.5. The molecule has 134 valence electrons. The van der Waals surface area contributed by atoms with E-state index >= 15 is 0 Å². The number of hydrogen-bond acceptors (Lipinski definition) is 3. The van der Waals surface area contributed by atoms with Crippen LogP contribution in [-0.2, 0) is 6.42 Å². The first-order chi connectivity index (χ1) is 12.5. The molecule has 0 unspecified atom stereocenters. The van der Waals surface area contributed by atoms with E-state index in [0.29, 0.717) is 5.56 Å². The zero-order valence-corrected chi connectivity index (χ0v) is 15.8. The second kappa shape index (κ2) is 7.85. The number of nitrogens with one attached hydrogen (secondary N) is 1. The highest BCUT2D eigenvalue weighted by Gasteiger charge is 2.23. The Labute approximate surface area is 158 Å². The smallest absolute Gasteiger partial charge is 0.252 e. The van der Waals surface area contributed by atoms with Crippen molar-refractivity contribution in [2.45, 2.75) is 25.8 Å². The predicted molar refractivity (Wildman–Crippen MR) is 110 cm³/mol. The molecule has 2 N–H and O–H groups in total. The van der Waals surface area contributed by atoms with Gasteiger partial charge in [0.1, 0.15) is 0 Å². The Bertz CT molecular complexity index is 909. The minimum Gasteiger partial charge on any atom is -0.394 e. The highest BCUT2D eigenvalue weighted by atomic mass is 32.1. The molecule has 0 spiro atoms. The van der Waals surface area contributed by atoms with Gasteiger partial charge in [-0.15, -0.1) is 0 Å². The van der Waals surface area contributed by atoms with Crippen molar-refractivity contribution in [3.05, 3.63) is 76.0 Å². The minimum atomic E-state index is -0.628. The number of aliphatic hydroxyl groups is 1. The number of thiophene rings is 1. The third-order valence-corrected chi connectivity index (χ3v) is 4.94. The van der Waals surface area contributed by atoms with Crippen molar-refractivity contribution in [1.29, 1.82) is 0 Å². The molecule has 3 aromatic rings. The molecule has 4 heteroatoms. The Balaban J connectivity index is 0.000000339. The summed E-state index contributed by atoms with van der Waals surface area (Å²) in [6, 6.07) is 14.1. The minimum absolute atomic E-state index is 0.0945. The Hall–Kier alpha value is -2.43. The van der Waals surface area contributed by atoms with Crippen molar-refractivity contribution in [2.24, 2.45) is 0 Å². The summed E-state index contributed by atoms with van der Waals surface area (Å²) in [7, 11) is 0. The van der Waals surface area contributed by atoms with Crippen molar-refractivity contribution in [3.63, 3.8) is 0 Å². The average molecular weight is 365 g/mol. The van der Waals surface area contributed by atoms with Crippen LogP contribution < -0.4 is 5.32 Å². The summed E-state index contributed by atoms with van der Waals surface area (Å²) < 4.78 is 0. The fraction of sp³-hybridized carbons (Fsp3) is 0.227. The largest absolute Gasteiger partial charge is 0.394 e. The Morgan fingerprint density at radius 3 is 2.58 bits per heavy atom. The van der Waals surface area contributed by atoms with E-state index < -0.39 is 5.54 Å². The molecule has 1 aliphatic rings. The van der Waals surface area contributed by atoms with Gasteiger partial charge < -0.3 is 10.4 Å². The van der Waals surface area contributed by atoms with Crippen molar-refractivity contribution in [2.75, 3.05) is 6.61 Å². The Kier molecular flexibility index (Phi) is 5.55. The van der Waals surface area contributed by atoms with E-state index in [1.807, 2.05) is 41.1 Å². The van der Waals surface area contributed by atoms with Crippen molar-refractivity contribution in [1.82, 2.24) is 5.32 Å². The molecule has 0 radical (unpaired) electrons. The number of allylic oxidation sites excluding steroid dienone is 1. The second-order valence-corrected chi connectivity index (χ2v) is 7.75. The van der Waals surface area contributed by atoms with Crippen LogP contribution in [0.25, 0.3) is 16.8 Å². The number of amides is 1. The first-order valence-corrected chi connectivity index (χ1v) is 9.58. The van der Waals surface area contributed by atoms with E-state index in [-0.39, 0.29) is 12.5 Å². The van der Waals surface area contributed by atoms with Crippen LogP contribution in [0.15, 0.2) is 59.3 Å². The first kappa shape index (κ1) is 18.4. The molecule has 0 aliphatic heterocycles. The quantitative estimate of drug-likeness (QED) is 0.709. The van der Waals surface area contributed by atoms with Gasteiger partial charge in [0, 0.05) is 5.56 Å². The van der Waals surface area contributed by atoms with Crippen molar-refractivity contribution in [3.8, 4) is 0 Å². The van der Waals surface area contributed by atoms with Crippen LogP contribution >= 0.6 is 11.3 Å². The van der Waals surface area contributed by atoms with E-state index in [1.54, 1.807) is 25.2 Å². The lowest BCUT2D eigenvalue weighted by Gasteiger charge is -2.24. The Morgan fingerprint density at radius 1 is 1.15 bits per heavy atom. The van der Waals surface area contributed by atoms with Crippen LogP contribution in [0.2, 0.25) is 0 Å². The molecular formula is C22H23NO2S. The maximum Gasteiger partial charge on any atom is 0.252 e. The zero-order chi connectivity index (χ0) is 18.6. The molecule has 26 heavy (non-hydrogen) atoms. The monoisotopic (exact) mass is 365 g/mol. The van der Waals surface area contributed by atoms with Gasteiger partial charge in [0.25, 0.3) is 5.91 Å². The summed E-state index contributed by atoms with van der Waals surface area (Å²) in [6.45, 7) is 3.51. The van der Waals surface area contributed by atoms with E-state index in [2.05, 4.69) is 29.6 Å². The number of hydrogen-bond donors (Lipinski definition) is 2. The summed E-state index contributed by atoms with van der Waals surface area (Å²) in [4.78, 5) is 12.5.